The van der Waals surface area contributed by atoms with Crippen molar-refractivity contribution in [2.24, 2.45) is 0 Å². The van der Waals surface area contributed by atoms with Gasteiger partial charge < -0.3 is 5.73 Å². The number of nitro groups is 1. The summed E-state index contributed by atoms with van der Waals surface area (Å²) in [6, 6.07) is 3.93. The second-order valence-corrected chi connectivity index (χ2v) is 4.14. The van der Waals surface area contributed by atoms with Crippen LogP contribution in [0.2, 0.25) is 0 Å². The molecule has 0 unspecified atom stereocenters. The molecule has 1 aromatic heterocycles. The van der Waals surface area contributed by atoms with E-state index in [9.17, 15) is 28.5 Å². The minimum Gasteiger partial charge on any atom is -0.378 e. The average molecular weight is 307 g/mol. The third-order valence-electron chi connectivity index (χ3n) is 2.71. The molecular formula is C13H7F2N3O4. The van der Waals surface area contributed by atoms with Crippen LogP contribution in [0, 0.1) is 21.7 Å². The summed E-state index contributed by atoms with van der Waals surface area (Å²) in [5.41, 5.74) is 3.67. The van der Waals surface area contributed by atoms with Gasteiger partial charge in [-0.05, 0) is 18.2 Å². The number of benzene rings is 1. The number of nitrogens with zero attached hydrogens (tertiary/aromatic N) is 2. The van der Waals surface area contributed by atoms with Crippen molar-refractivity contribution in [1.29, 1.82) is 0 Å². The first-order valence-corrected chi connectivity index (χ1v) is 5.76. The van der Waals surface area contributed by atoms with E-state index < -0.39 is 50.9 Å². The van der Waals surface area contributed by atoms with E-state index in [1.807, 2.05) is 0 Å². The third-order valence-corrected chi connectivity index (χ3v) is 2.71. The number of carbonyl (C=O) groups is 2. The largest absolute Gasteiger partial charge is 0.378 e. The van der Waals surface area contributed by atoms with Gasteiger partial charge in [-0.1, -0.05) is 0 Å². The van der Waals surface area contributed by atoms with Crippen molar-refractivity contribution < 1.29 is 23.3 Å². The maximum Gasteiger partial charge on any atom is 0.311 e. The lowest BCUT2D eigenvalue weighted by molar-refractivity contribution is -0.384. The van der Waals surface area contributed by atoms with E-state index in [2.05, 4.69) is 4.98 Å². The number of aromatic nitrogens is 1. The standard InChI is InChI=1S/C13H7F2N3O4/c14-6-1-2-7(8(15)5-6)11(19)12(20)9-3-4-10(18(21)22)13(16)17-9/h1-5H,(H2,16,17). The Morgan fingerprint density at radius 1 is 1.14 bits per heavy atom. The number of anilines is 1. The zero-order valence-electron chi connectivity index (χ0n) is 10.7. The number of Topliss-reactive ketones (excluding diaryl/α,β-unsaturated/α-hetero) is 2. The number of carbonyl (C=O) groups excluding carboxylic acids is 2. The number of ketones is 2. The molecule has 2 aromatic rings. The summed E-state index contributed by atoms with van der Waals surface area (Å²) in [6.07, 6.45) is 0. The summed E-state index contributed by atoms with van der Waals surface area (Å²) < 4.78 is 26.3. The quantitative estimate of drug-likeness (QED) is 0.399. The molecule has 0 aliphatic rings. The molecule has 0 radical (unpaired) electrons. The SMILES string of the molecule is Nc1nc(C(=O)C(=O)c2ccc(F)cc2F)ccc1[N+](=O)[O-]. The first-order chi connectivity index (χ1) is 10.3. The summed E-state index contributed by atoms with van der Waals surface area (Å²) in [6.45, 7) is 0. The van der Waals surface area contributed by atoms with Crippen molar-refractivity contribution in [3.63, 3.8) is 0 Å². The van der Waals surface area contributed by atoms with Gasteiger partial charge >= 0.3 is 5.69 Å². The summed E-state index contributed by atoms with van der Waals surface area (Å²) in [7, 11) is 0. The van der Waals surface area contributed by atoms with Crippen LogP contribution in [-0.4, -0.2) is 21.5 Å². The van der Waals surface area contributed by atoms with Gasteiger partial charge in [-0.15, -0.1) is 0 Å². The van der Waals surface area contributed by atoms with Crippen LogP contribution >= 0.6 is 0 Å². The number of pyridine rings is 1. The van der Waals surface area contributed by atoms with Gasteiger partial charge in [0.1, 0.15) is 17.3 Å². The van der Waals surface area contributed by atoms with Crippen LogP contribution in [0.5, 0.6) is 0 Å². The van der Waals surface area contributed by atoms with Gasteiger partial charge in [0.15, 0.2) is 0 Å². The van der Waals surface area contributed by atoms with Crippen molar-refractivity contribution in [2.75, 3.05) is 5.73 Å². The van der Waals surface area contributed by atoms with Crippen LogP contribution in [-0.2, 0) is 0 Å². The molecule has 9 heteroatoms. The fourth-order valence-corrected chi connectivity index (χ4v) is 1.66. The van der Waals surface area contributed by atoms with Crippen LogP contribution < -0.4 is 5.73 Å². The highest BCUT2D eigenvalue weighted by molar-refractivity contribution is 6.48. The van der Waals surface area contributed by atoms with E-state index in [0.717, 1.165) is 24.3 Å². The van der Waals surface area contributed by atoms with Crippen LogP contribution in [0.3, 0.4) is 0 Å². The zero-order chi connectivity index (χ0) is 16.4. The van der Waals surface area contributed by atoms with Crippen molar-refractivity contribution >= 4 is 23.1 Å². The van der Waals surface area contributed by atoms with Crippen molar-refractivity contribution in [3.05, 3.63) is 63.3 Å². The second kappa shape index (κ2) is 5.64. The van der Waals surface area contributed by atoms with E-state index in [4.69, 9.17) is 5.73 Å². The topological polar surface area (TPSA) is 116 Å². The maximum absolute atomic E-state index is 13.5. The molecule has 0 amide bonds. The molecule has 2 N–H and O–H groups in total. The summed E-state index contributed by atoms with van der Waals surface area (Å²) in [5.74, 6) is -5.14. The number of nitrogen functional groups attached to an aromatic ring is 1. The second-order valence-electron chi connectivity index (χ2n) is 4.14. The monoisotopic (exact) mass is 307 g/mol. The fraction of sp³-hybridized carbons (Fsp3) is 0. The molecule has 112 valence electrons. The minimum atomic E-state index is -1.27. The first kappa shape index (κ1) is 15.2. The lowest BCUT2D eigenvalue weighted by Gasteiger charge is -2.03. The van der Waals surface area contributed by atoms with E-state index in [-0.39, 0.29) is 0 Å². The van der Waals surface area contributed by atoms with Gasteiger partial charge in [-0.2, -0.15) is 0 Å². The number of hydrogen-bond acceptors (Lipinski definition) is 6. The highest BCUT2D eigenvalue weighted by atomic mass is 19.1. The molecule has 0 aliphatic carbocycles. The Balaban J connectivity index is 2.37. The molecule has 0 saturated heterocycles. The highest BCUT2D eigenvalue weighted by Gasteiger charge is 2.25. The molecule has 0 bridgehead atoms. The smallest absolute Gasteiger partial charge is 0.311 e. The van der Waals surface area contributed by atoms with E-state index >= 15 is 0 Å². The van der Waals surface area contributed by atoms with Gasteiger partial charge in [0.25, 0.3) is 5.78 Å². The van der Waals surface area contributed by atoms with Crippen LogP contribution in [0.25, 0.3) is 0 Å². The van der Waals surface area contributed by atoms with Crippen molar-refractivity contribution in [3.8, 4) is 0 Å². The van der Waals surface area contributed by atoms with Gasteiger partial charge in [0.05, 0.1) is 10.5 Å². The van der Waals surface area contributed by atoms with Crippen molar-refractivity contribution in [1.82, 2.24) is 4.98 Å². The summed E-state index contributed by atoms with van der Waals surface area (Å²) in [5, 5.41) is 10.6. The first-order valence-electron chi connectivity index (χ1n) is 5.76. The number of rotatable bonds is 4. The Bertz CT molecular complexity index is 808. The lowest BCUT2D eigenvalue weighted by Crippen LogP contribution is -2.18. The summed E-state index contributed by atoms with van der Waals surface area (Å²) in [4.78, 5) is 37.0. The third kappa shape index (κ3) is 2.77. The maximum atomic E-state index is 13.5. The van der Waals surface area contributed by atoms with Crippen LogP contribution in [0.4, 0.5) is 20.3 Å². The van der Waals surface area contributed by atoms with Gasteiger partial charge in [-0.25, -0.2) is 13.8 Å². The fourth-order valence-electron chi connectivity index (χ4n) is 1.66. The molecule has 22 heavy (non-hydrogen) atoms. The Labute approximate surface area is 121 Å². The summed E-state index contributed by atoms with van der Waals surface area (Å²) >= 11 is 0. The molecule has 0 aliphatic heterocycles. The normalized spacial score (nSPS) is 10.3. The number of nitrogens with two attached hydrogens (primary N) is 1. The molecular weight excluding hydrogens is 300 g/mol. The molecule has 0 atom stereocenters. The molecule has 0 fully saturated rings. The van der Waals surface area contributed by atoms with Crippen molar-refractivity contribution in [2.45, 2.75) is 0 Å². The number of halogens is 2. The molecule has 1 heterocycles. The Kier molecular flexibility index (Phi) is 3.89. The molecule has 0 spiro atoms. The molecule has 0 saturated carbocycles. The predicted octanol–water partition coefficient (Wildman–Crippen LogP) is 1.92. The van der Waals surface area contributed by atoms with E-state index in [1.54, 1.807) is 0 Å². The number of hydrogen-bond donors (Lipinski definition) is 1. The average Bonchev–Trinajstić information content (AvgIpc) is 2.45. The molecule has 7 nitrogen and oxygen atoms in total. The van der Waals surface area contributed by atoms with E-state index in [0.29, 0.717) is 6.07 Å². The zero-order valence-corrected chi connectivity index (χ0v) is 10.7. The Morgan fingerprint density at radius 2 is 1.82 bits per heavy atom. The van der Waals surface area contributed by atoms with Gasteiger partial charge in [0, 0.05) is 12.1 Å². The molecule has 2 rings (SSSR count). The molecule has 1 aromatic carbocycles. The highest BCUT2D eigenvalue weighted by Crippen LogP contribution is 2.20. The van der Waals surface area contributed by atoms with Crippen LogP contribution in [0.15, 0.2) is 30.3 Å². The van der Waals surface area contributed by atoms with Gasteiger partial charge in [-0.3, -0.25) is 19.7 Å². The predicted molar refractivity (Wildman–Crippen MR) is 70.3 cm³/mol. The minimum absolute atomic E-state index is 0.456. The Hall–Kier alpha value is -3.23. The van der Waals surface area contributed by atoms with E-state index in [1.165, 1.54) is 0 Å². The lowest BCUT2D eigenvalue weighted by atomic mass is 10.0. The van der Waals surface area contributed by atoms with Gasteiger partial charge in [0.2, 0.25) is 11.6 Å². The Morgan fingerprint density at radius 3 is 2.36 bits per heavy atom. The van der Waals surface area contributed by atoms with Crippen LogP contribution in [0.1, 0.15) is 20.8 Å².